The maximum atomic E-state index is 12.8. The Morgan fingerprint density at radius 3 is 2.72 bits per heavy atom. The zero-order valence-electron chi connectivity index (χ0n) is 16.4. The first-order valence-electron chi connectivity index (χ1n) is 9.06. The Morgan fingerprint density at radius 2 is 2.03 bits per heavy atom. The number of aryl methyl sites for hydroxylation is 1. The molecule has 3 rings (SSSR count). The van der Waals surface area contributed by atoms with Gasteiger partial charge in [0.1, 0.15) is 0 Å². The molecule has 29 heavy (non-hydrogen) atoms. The molecule has 0 aliphatic carbocycles. The van der Waals surface area contributed by atoms with Crippen molar-refractivity contribution in [1.82, 2.24) is 23.9 Å². The molecule has 0 saturated carbocycles. The van der Waals surface area contributed by atoms with Crippen molar-refractivity contribution < 1.29 is 13.2 Å². The van der Waals surface area contributed by atoms with Crippen molar-refractivity contribution >= 4 is 39.2 Å². The number of thioether (sulfide) groups is 1. The van der Waals surface area contributed by atoms with Crippen LogP contribution in [0.25, 0.3) is 5.78 Å². The third-order valence-corrected chi connectivity index (χ3v) is 7.25. The number of anilines is 1. The van der Waals surface area contributed by atoms with Gasteiger partial charge in [-0.1, -0.05) is 31.7 Å². The minimum Gasteiger partial charge on any atom is -0.325 e. The molecule has 1 aromatic carbocycles. The number of amides is 1. The van der Waals surface area contributed by atoms with Crippen LogP contribution in [-0.2, 0) is 14.8 Å². The van der Waals surface area contributed by atoms with Crippen LogP contribution in [0.5, 0.6) is 0 Å². The molecule has 0 aliphatic heterocycles. The Hall–Kier alpha value is -2.50. The van der Waals surface area contributed by atoms with Gasteiger partial charge in [0.2, 0.25) is 21.1 Å². The second-order valence-electron chi connectivity index (χ2n) is 6.17. The van der Waals surface area contributed by atoms with Gasteiger partial charge in [0.15, 0.2) is 0 Å². The van der Waals surface area contributed by atoms with E-state index in [4.69, 9.17) is 0 Å². The van der Waals surface area contributed by atoms with Crippen LogP contribution in [0.15, 0.2) is 46.7 Å². The number of nitrogens with one attached hydrogen (secondary N) is 1. The van der Waals surface area contributed by atoms with E-state index in [1.54, 1.807) is 51.4 Å². The number of fused-ring (bicyclic) bond motifs is 1. The average molecular weight is 435 g/mol. The van der Waals surface area contributed by atoms with Gasteiger partial charge < -0.3 is 5.32 Å². The van der Waals surface area contributed by atoms with Crippen molar-refractivity contribution in [2.24, 2.45) is 0 Å². The third kappa shape index (κ3) is 4.74. The SMILES string of the molecule is CCN(CC)S(=O)(=O)c1cc(NC(=O)CSc2nc3ncccn3n2)ccc1C. The number of hydrogen-bond donors (Lipinski definition) is 1. The Morgan fingerprint density at radius 1 is 1.28 bits per heavy atom. The summed E-state index contributed by atoms with van der Waals surface area (Å²) in [6, 6.07) is 6.61. The fourth-order valence-electron chi connectivity index (χ4n) is 2.76. The second-order valence-corrected chi connectivity index (χ2v) is 9.01. The molecule has 2 aromatic heterocycles. The number of carbonyl (C=O) groups is 1. The lowest BCUT2D eigenvalue weighted by Gasteiger charge is -2.20. The van der Waals surface area contributed by atoms with Gasteiger partial charge in [-0.25, -0.2) is 17.9 Å². The molecule has 1 amide bonds. The lowest BCUT2D eigenvalue weighted by molar-refractivity contribution is -0.113. The molecule has 0 saturated heterocycles. The van der Waals surface area contributed by atoms with E-state index in [0.29, 0.717) is 35.3 Å². The van der Waals surface area contributed by atoms with Crippen LogP contribution in [-0.4, -0.2) is 57.1 Å². The summed E-state index contributed by atoms with van der Waals surface area (Å²) in [5.74, 6) is 0.264. The minimum absolute atomic E-state index is 0.0862. The number of hydrogen-bond acceptors (Lipinski definition) is 7. The zero-order chi connectivity index (χ0) is 21.0. The van der Waals surface area contributed by atoms with Crippen molar-refractivity contribution in [2.75, 3.05) is 24.2 Å². The standard InChI is InChI=1S/C18H22N6O3S2/c1-4-23(5-2)29(26,27)15-11-14(8-7-13(15)3)20-16(25)12-28-18-21-17-19-9-6-10-24(17)22-18/h6-11H,4-5,12H2,1-3H3,(H,20,25). The molecule has 154 valence electrons. The molecule has 0 spiro atoms. The summed E-state index contributed by atoms with van der Waals surface area (Å²) in [6.45, 7) is 6.09. The molecule has 0 unspecified atom stereocenters. The van der Waals surface area contributed by atoms with Crippen molar-refractivity contribution in [3.63, 3.8) is 0 Å². The quantitative estimate of drug-likeness (QED) is 0.541. The van der Waals surface area contributed by atoms with E-state index < -0.39 is 10.0 Å². The number of nitrogens with zero attached hydrogens (tertiary/aromatic N) is 5. The summed E-state index contributed by atoms with van der Waals surface area (Å²) in [5.41, 5.74) is 1.06. The first-order chi connectivity index (χ1) is 13.8. The maximum Gasteiger partial charge on any atom is 0.253 e. The molecule has 0 atom stereocenters. The van der Waals surface area contributed by atoms with Gasteiger partial charge in [-0.3, -0.25) is 4.79 Å². The van der Waals surface area contributed by atoms with E-state index in [2.05, 4.69) is 20.4 Å². The van der Waals surface area contributed by atoms with Crippen LogP contribution >= 0.6 is 11.8 Å². The summed E-state index contributed by atoms with van der Waals surface area (Å²) in [7, 11) is -3.61. The van der Waals surface area contributed by atoms with Gasteiger partial charge >= 0.3 is 0 Å². The molecule has 0 bridgehead atoms. The Kier molecular flexibility index (Phi) is 6.50. The number of aromatic nitrogens is 4. The largest absolute Gasteiger partial charge is 0.325 e. The molecule has 11 heteroatoms. The van der Waals surface area contributed by atoms with E-state index >= 15 is 0 Å². The van der Waals surface area contributed by atoms with Crippen LogP contribution in [0.3, 0.4) is 0 Å². The second kappa shape index (κ2) is 8.89. The summed E-state index contributed by atoms with van der Waals surface area (Å²) in [5, 5.41) is 7.41. The van der Waals surface area contributed by atoms with Gasteiger partial charge in [0.25, 0.3) is 5.78 Å². The molecule has 0 radical (unpaired) electrons. The summed E-state index contributed by atoms with van der Waals surface area (Å²) in [4.78, 5) is 20.8. The number of carbonyl (C=O) groups excluding carboxylic acids is 1. The van der Waals surface area contributed by atoms with Crippen LogP contribution in [0, 0.1) is 6.92 Å². The summed E-state index contributed by atoms with van der Waals surface area (Å²) < 4.78 is 28.6. The van der Waals surface area contributed by atoms with Crippen LogP contribution in [0.1, 0.15) is 19.4 Å². The van der Waals surface area contributed by atoms with Crippen molar-refractivity contribution in [1.29, 1.82) is 0 Å². The van der Waals surface area contributed by atoms with Crippen molar-refractivity contribution in [2.45, 2.75) is 30.8 Å². The third-order valence-electron chi connectivity index (χ3n) is 4.22. The Labute approximate surface area is 173 Å². The topological polar surface area (TPSA) is 110 Å². The molecule has 3 aromatic rings. The molecular weight excluding hydrogens is 412 g/mol. The first-order valence-corrected chi connectivity index (χ1v) is 11.5. The molecular formula is C18H22N6O3S2. The van der Waals surface area contributed by atoms with E-state index in [0.717, 1.165) is 0 Å². The van der Waals surface area contributed by atoms with Crippen LogP contribution in [0.2, 0.25) is 0 Å². The van der Waals surface area contributed by atoms with Crippen LogP contribution in [0.4, 0.5) is 5.69 Å². The van der Waals surface area contributed by atoms with Gasteiger partial charge in [-0.15, -0.1) is 5.10 Å². The smallest absolute Gasteiger partial charge is 0.253 e. The number of benzene rings is 1. The zero-order valence-corrected chi connectivity index (χ0v) is 18.0. The van der Waals surface area contributed by atoms with E-state index in [9.17, 15) is 13.2 Å². The molecule has 1 N–H and O–H groups in total. The fraction of sp³-hybridized carbons (Fsp3) is 0.333. The van der Waals surface area contributed by atoms with E-state index in [-0.39, 0.29) is 16.6 Å². The predicted molar refractivity (Wildman–Crippen MR) is 111 cm³/mol. The Bertz CT molecular complexity index is 1090. The predicted octanol–water partition coefficient (Wildman–Crippen LogP) is 2.19. The highest BCUT2D eigenvalue weighted by Crippen LogP contribution is 2.24. The normalized spacial score (nSPS) is 11.9. The monoisotopic (exact) mass is 434 g/mol. The van der Waals surface area contributed by atoms with Gasteiger partial charge in [0, 0.05) is 31.2 Å². The maximum absolute atomic E-state index is 12.8. The van der Waals surface area contributed by atoms with E-state index in [1.807, 2.05) is 0 Å². The van der Waals surface area contributed by atoms with Gasteiger partial charge in [-0.2, -0.15) is 9.29 Å². The fourth-order valence-corrected chi connectivity index (χ4v) is 5.09. The molecule has 0 fully saturated rings. The highest BCUT2D eigenvalue weighted by Gasteiger charge is 2.24. The van der Waals surface area contributed by atoms with Crippen molar-refractivity contribution in [3.8, 4) is 0 Å². The number of rotatable bonds is 8. The lowest BCUT2D eigenvalue weighted by atomic mass is 10.2. The minimum atomic E-state index is -3.61. The molecule has 9 nitrogen and oxygen atoms in total. The summed E-state index contributed by atoms with van der Waals surface area (Å²) in [6.07, 6.45) is 3.34. The van der Waals surface area contributed by atoms with Crippen LogP contribution < -0.4 is 5.32 Å². The molecule has 2 heterocycles. The van der Waals surface area contributed by atoms with Gasteiger partial charge in [-0.05, 0) is 30.7 Å². The summed E-state index contributed by atoms with van der Waals surface area (Å²) >= 11 is 1.18. The van der Waals surface area contributed by atoms with Gasteiger partial charge in [0.05, 0.1) is 10.6 Å². The number of sulfonamides is 1. The highest BCUT2D eigenvalue weighted by molar-refractivity contribution is 7.99. The average Bonchev–Trinajstić information content (AvgIpc) is 3.11. The molecule has 0 aliphatic rings. The lowest BCUT2D eigenvalue weighted by Crippen LogP contribution is -2.31. The first kappa shape index (κ1) is 21.2. The van der Waals surface area contributed by atoms with E-state index in [1.165, 1.54) is 26.6 Å². The van der Waals surface area contributed by atoms with Crippen molar-refractivity contribution in [3.05, 3.63) is 42.2 Å². The Balaban J connectivity index is 1.70. The highest BCUT2D eigenvalue weighted by atomic mass is 32.2.